The van der Waals surface area contributed by atoms with Gasteiger partial charge in [0.15, 0.2) is 5.78 Å². The number of carbonyl (C=O) groups excluding carboxylic acids is 1. The van der Waals surface area contributed by atoms with Gasteiger partial charge in [-0.05, 0) is 31.2 Å². The largest absolute Gasteiger partial charge is 0.387 e. The van der Waals surface area contributed by atoms with Crippen LogP contribution in [-0.2, 0) is 0 Å². The minimum absolute atomic E-state index is 0.00981. The number of aliphatic hydroxyl groups is 1. The molecule has 0 saturated heterocycles. The molecule has 0 fully saturated rings. The lowest BCUT2D eigenvalue weighted by molar-refractivity contribution is 0.101. The van der Waals surface area contributed by atoms with Gasteiger partial charge in [0.2, 0.25) is 0 Å². The van der Waals surface area contributed by atoms with E-state index < -0.39 is 6.10 Å². The molecule has 4 heteroatoms. The Morgan fingerprint density at radius 2 is 1.72 bits per heavy atom. The van der Waals surface area contributed by atoms with E-state index in [-0.39, 0.29) is 5.78 Å². The van der Waals surface area contributed by atoms with Crippen LogP contribution in [0.2, 0.25) is 0 Å². The first kappa shape index (κ1) is 14.0. The molecule has 4 nitrogen and oxygen atoms in total. The fourth-order valence-electron chi connectivity index (χ4n) is 1.19. The van der Waals surface area contributed by atoms with Crippen molar-refractivity contribution in [1.29, 1.82) is 0 Å². The lowest BCUT2D eigenvalue weighted by atomic mass is 10.2. The van der Waals surface area contributed by atoms with Crippen LogP contribution in [0, 0.1) is 0 Å². The Labute approximate surface area is 106 Å². The molecule has 2 aromatic rings. The molecule has 0 amide bonds. The number of aliphatic hydroxyl groups excluding tert-OH is 1. The van der Waals surface area contributed by atoms with Crippen LogP contribution in [0.5, 0.6) is 0 Å². The summed E-state index contributed by atoms with van der Waals surface area (Å²) in [5, 5.41) is 8.96. The molecule has 2 rings (SSSR count). The fraction of sp³-hybridized carbons (Fsp3) is 0.214. The van der Waals surface area contributed by atoms with Crippen LogP contribution < -0.4 is 0 Å². The van der Waals surface area contributed by atoms with Crippen LogP contribution in [0.15, 0.2) is 48.8 Å². The molecule has 94 valence electrons. The van der Waals surface area contributed by atoms with Gasteiger partial charge in [-0.3, -0.25) is 14.8 Å². The average molecular weight is 244 g/mol. The Bertz CT molecular complexity index is 470. The third-order valence-corrected chi connectivity index (χ3v) is 2.14. The Morgan fingerprint density at radius 3 is 2.00 bits per heavy atom. The Kier molecular flexibility index (Phi) is 5.67. The first-order valence-electron chi connectivity index (χ1n) is 5.62. The van der Waals surface area contributed by atoms with Crippen molar-refractivity contribution in [3.63, 3.8) is 0 Å². The lowest BCUT2D eigenvalue weighted by Crippen LogP contribution is -1.93. The van der Waals surface area contributed by atoms with Crippen molar-refractivity contribution in [2.24, 2.45) is 0 Å². The summed E-state index contributed by atoms with van der Waals surface area (Å²) in [4.78, 5) is 18.3. The second-order valence-electron chi connectivity index (χ2n) is 3.70. The molecular formula is C14H16N2O2. The molecule has 0 aliphatic rings. The third-order valence-electron chi connectivity index (χ3n) is 2.14. The number of aromatic nitrogens is 2. The van der Waals surface area contributed by atoms with Crippen molar-refractivity contribution >= 4 is 5.78 Å². The summed E-state index contributed by atoms with van der Waals surface area (Å²) >= 11 is 0. The Hall–Kier alpha value is -2.07. The minimum atomic E-state index is -0.453. The third kappa shape index (κ3) is 4.84. The number of hydrogen-bond donors (Lipinski definition) is 1. The topological polar surface area (TPSA) is 63.1 Å². The molecule has 0 aliphatic heterocycles. The van der Waals surface area contributed by atoms with Gasteiger partial charge in [-0.2, -0.15) is 0 Å². The monoisotopic (exact) mass is 244 g/mol. The number of hydrogen-bond acceptors (Lipinski definition) is 4. The van der Waals surface area contributed by atoms with Crippen LogP contribution in [0.25, 0.3) is 0 Å². The van der Waals surface area contributed by atoms with E-state index in [1.165, 1.54) is 6.92 Å². The maximum Gasteiger partial charge on any atom is 0.178 e. The minimum Gasteiger partial charge on any atom is -0.387 e. The summed E-state index contributed by atoms with van der Waals surface area (Å²) in [5.41, 5.74) is 1.25. The summed E-state index contributed by atoms with van der Waals surface area (Å²) in [7, 11) is 0. The molecular weight excluding hydrogens is 228 g/mol. The normalized spacial score (nSPS) is 11.1. The Morgan fingerprint density at radius 1 is 1.11 bits per heavy atom. The van der Waals surface area contributed by atoms with Crippen molar-refractivity contribution in [2.75, 3.05) is 0 Å². The van der Waals surface area contributed by atoms with Crippen molar-refractivity contribution in [3.8, 4) is 0 Å². The van der Waals surface area contributed by atoms with Crippen molar-refractivity contribution in [2.45, 2.75) is 20.0 Å². The number of nitrogens with zero attached hydrogens (tertiary/aromatic N) is 2. The highest BCUT2D eigenvalue weighted by Crippen LogP contribution is 2.05. The number of pyridine rings is 2. The summed E-state index contributed by atoms with van der Waals surface area (Å²) in [5.74, 6) is 0.00981. The maximum absolute atomic E-state index is 10.6. The van der Waals surface area contributed by atoms with Crippen molar-refractivity contribution in [1.82, 2.24) is 9.97 Å². The number of ketones is 1. The van der Waals surface area contributed by atoms with Gasteiger partial charge in [0.1, 0.15) is 5.69 Å². The number of Topliss-reactive ketones (excluding diaryl/α,β-unsaturated/α-hetero) is 1. The van der Waals surface area contributed by atoms with Gasteiger partial charge < -0.3 is 5.11 Å². The zero-order valence-corrected chi connectivity index (χ0v) is 10.4. The SMILES string of the molecule is CC(=O)c1ccccn1.CC(O)c1ccccn1. The van der Waals surface area contributed by atoms with Gasteiger partial charge in [-0.15, -0.1) is 0 Å². The maximum atomic E-state index is 10.6. The lowest BCUT2D eigenvalue weighted by Gasteiger charge is -1.99. The van der Waals surface area contributed by atoms with E-state index in [9.17, 15) is 4.79 Å². The van der Waals surface area contributed by atoms with E-state index in [1.807, 2.05) is 12.1 Å². The number of rotatable bonds is 2. The van der Waals surface area contributed by atoms with Gasteiger partial charge in [-0.25, -0.2) is 0 Å². The van der Waals surface area contributed by atoms with Crippen molar-refractivity contribution < 1.29 is 9.90 Å². The summed E-state index contributed by atoms with van der Waals surface area (Å²) in [6, 6.07) is 10.8. The van der Waals surface area contributed by atoms with Gasteiger partial charge in [0.05, 0.1) is 11.8 Å². The highest BCUT2D eigenvalue weighted by Gasteiger charge is 1.97. The van der Waals surface area contributed by atoms with E-state index in [0.717, 1.165) is 5.69 Å². The van der Waals surface area contributed by atoms with Crippen LogP contribution in [0.3, 0.4) is 0 Å². The van der Waals surface area contributed by atoms with Gasteiger partial charge >= 0.3 is 0 Å². The van der Waals surface area contributed by atoms with E-state index in [1.54, 1.807) is 43.6 Å². The zero-order chi connectivity index (χ0) is 13.4. The van der Waals surface area contributed by atoms with E-state index in [2.05, 4.69) is 9.97 Å². The van der Waals surface area contributed by atoms with Crippen molar-refractivity contribution in [3.05, 3.63) is 60.2 Å². The van der Waals surface area contributed by atoms with Gasteiger partial charge in [0, 0.05) is 19.3 Å². The molecule has 0 bridgehead atoms. The van der Waals surface area contributed by atoms with E-state index in [0.29, 0.717) is 5.69 Å². The van der Waals surface area contributed by atoms with E-state index >= 15 is 0 Å². The standard InChI is InChI=1S/C7H9NO.C7H7NO/c2*1-6(9)7-4-2-3-5-8-7/h2-6,9H,1H3;2-5H,1H3. The molecule has 1 atom stereocenters. The average Bonchev–Trinajstić information content (AvgIpc) is 2.41. The molecule has 18 heavy (non-hydrogen) atoms. The fourth-order valence-corrected chi connectivity index (χ4v) is 1.19. The first-order chi connectivity index (χ1) is 8.61. The highest BCUT2D eigenvalue weighted by atomic mass is 16.3. The molecule has 0 aromatic carbocycles. The quantitative estimate of drug-likeness (QED) is 0.824. The molecule has 0 saturated carbocycles. The second kappa shape index (κ2) is 7.29. The van der Waals surface area contributed by atoms with Gasteiger partial charge in [-0.1, -0.05) is 12.1 Å². The summed E-state index contributed by atoms with van der Waals surface area (Å²) in [6.45, 7) is 3.20. The molecule has 1 unspecified atom stereocenters. The molecule has 2 aromatic heterocycles. The highest BCUT2D eigenvalue weighted by molar-refractivity contribution is 5.91. The molecule has 0 spiro atoms. The molecule has 2 heterocycles. The van der Waals surface area contributed by atoms with Crippen LogP contribution in [-0.4, -0.2) is 20.9 Å². The molecule has 1 N–H and O–H groups in total. The van der Waals surface area contributed by atoms with E-state index in [4.69, 9.17) is 5.11 Å². The number of carbonyl (C=O) groups is 1. The Balaban J connectivity index is 0.000000180. The first-order valence-corrected chi connectivity index (χ1v) is 5.62. The molecule has 0 radical (unpaired) electrons. The summed E-state index contributed by atoms with van der Waals surface area (Å²) < 4.78 is 0. The van der Waals surface area contributed by atoms with Gasteiger partial charge in [0.25, 0.3) is 0 Å². The predicted molar refractivity (Wildman–Crippen MR) is 69.1 cm³/mol. The van der Waals surface area contributed by atoms with Crippen LogP contribution in [0.1, 0.15) is 36.1 Å². The summed E-state index contributed by atoms with van der Waals surface area (Å²) in [6.07, 6.45) is 2.82. The smallest absolute Gasteiger partial charge is 0.178 e. The van der Waals surface area contributed by atoms with Crippen LogP contribution in [0.4, 0.5) is 0 Å². The molecule has 0 aliphatic carbocycles. The zero-order valence-electron chi connectivity index (χ0n) is 10.4. The second-order valence-corrected chi connectivity index (χ2v) is 3.70. The predicted octanol–water partition coefficient (Wildman–Crippen LogP) is 2.42. The van der Waals surface area contributed by atoms with Crippen LogP contribution >= 0.6 is 0 Å².